The molecule has 0 spiro atoms. The molecular weight excluding hydrogens is 192 g/mol. The predicted octanol–water partition coefficient (Wildman–Crippen LogP) is 4.38. The van der Waals surface area contributed by atoms with E-state index in [1.165, 1.54) is 16.7 Å². The number of allylic oxidation sites excluding steroid dienone is 4. The lowest BCUT2D eigenvalue weighted by molar-refractivity contribution is 1.05. The van der Waals surface area contributed by atoms with E-state index >= 15 is 0 Å². The summed E-state index contributed by atoms with van der Waals surface area (Å²) >= 11 is 6.20. The molecule has 0 heterocycles. The molecule has 0 amide bonds. The average Bonchev–Trinajstić information content (AvgIpc) is 2.19. The molecule has 0 atom stereocenters. The SMILES string of the molecule is Cc1ccc(C2=CC=CCC2)c(Cl)c1. The lowest BCUT2D eigenvalue weighted by Crippen LogP contribution is -1.89. The Kier molecular flexibility index (Phi) is 2.74. The van der Waals surface area contributed by atoms with Crippen molar-refractivity contribution in [1.29, 1.82) is 0 Å². The zero-order valence-corrected chi connectivity index (χ0v) is 9.01. The van der Waals surface area contributed by atoms with E-state index in [2.05, 4.69) is 37.3 Å². The Balaban J connectivity index is 2.41. The van der Waals surface area contributed by atoms with Crippen LogP contribution in [0.2, 0.25) is 5.02 Å². The normalized spacial score (nSPS) is 15.4. The minimum absolute atomic E-state index is 0.867. The predicted molar refractivity (Wildman–Crippen MR) is 62.5 cm³/mol. The number of hydrogen-bond acceptors (Lipinski definition) is 0. The zero-order valence-electron chi connectivity index (χ0n) is 8.26. The summed E-state index contributed by atoms with van der Waals surface area (Å²) in [6.45, 7) is 2.06. The number of benzene rings is 1. The molecule has 1 aromatic carbocycles. The standard InChI is InChI=1S/C13H13Cl/c1-10-7-8-12(13(14)9-10)11-5-3-2-4-6-11/h2-3,5,7-9H,4,6H2,1H3. The fourth-order valence-corrected chi connectivity index (χ4v) is 2.06. The Bertz CT molecular complexity index is 400. The van der Waals surface area contributed by atoms with Crippen molar-refractivity contribution in [3.05, 3.63) is 52.6 Å². The van der Waals surface area contributed by atoms with Crippen LogP contribution in [0.25, 0.3) is 5.57 Å². The molecule has 0 N–H and O–H groups in total. The van der Waals surface area contributed by atoms with Crippen molar-refractivity contribution in [2.75, 3.05) is 0 Å². The third kappa shape index (κ3) is 1.91. The molecule has 0 aliphatic heterocycles. The molecule has 72 valence electrons. The summed E-state index contributed by atoms with van der Waals surface area (Å²) in [6.07, 6.45) is 8.66. The summed E-state index contributed by atoms with van der Waals surface area (Å²) < 4.78 is 0. The first-order valence-electron chi connectivity index (χ1n) is 4.89. The molecule has 1 aromatic rings. The van der Waals surface area contributed by atoms with Gasteiger partial charge < -0.3 is 0 Å². The first kappa shape index (κ1) is 9.54. The highest BCUT2D eigenvalue weighted by molar-refractivity contribution is 6.32. The molecule has 1 aliphatic rings. The summed E-state index contributed by atoms with van der Waals surface area (Å²) in [5.41, 5.74) is 3.74. The van der Waals surface area contributed by atoms with Crippen molar-refractivity contribution < 1.29 is 0 Å². The summed E-state index contributed by atoms with van der Waals surface area (Å²) in [5, 5.41) is 0.867. The van der Waals surface area contributed by atoms with Crippen LogP contribution in [0.5, 0.6) is 0 Å². The van der Waals surface area contributed by atoms with Gasteiger partial charge in [0.1, 0.15) is 0 Å². The van der Waals surface area contributed by atoms with E-state index in [1.807, 2.05) is 6.07 Å². The van der Waals surface area contributed by atoms with Crippen LogP contribution >= 0.6 is 11.6 Å². The molecule has 0 saturated heterocycles. The smallest absolute Gasteiger partial charge is 0.0483 e. The molecule has 0 bridgehead atoms. The van der Waals surface area contributed by atoms with Crippen molar-refractivity contribution in [3.63, 3.8) is 0 Å². The molecule has 14 heavy (non-hydrogen) atoms. The molecule has 0 unspecified atom stereocenters. The van der Waals surface area contributed by atoms with E-state index in [1.54, 1.807) is 0 Å². The van der Waals surface area contributed by atoms with Gasteiger partial charge in [-0.05, 0) is 42.5 Å². The van der Waals surface area contributed by atoms with Gasteiger partial charge in [0.05, 0.1) is 0 Å². The second-order valence-corrected chi connectivity index (χ2v) is 4.05. The maximum absolute atomic E-state index is 6.20. The quantitative estimate of drug-likeness (QED) is 0.637. The first-order chi connectivity index (χ1) is 6.77. The maximum Gasteiger partial charge on any atom is 0.0483 e. The van der Waals surface area contributed by atoms with E-state index in [0.717, 1.165) is 17.9 Å². The van der Waals surface area contributed by atoms with Crippen LogP contribution < -0.4 is 0 Å². The lowest BCUT2D eigenvalue weighted by atomic mass is 9.97. The van der Waals surface area contributed by atoms with E-state index in [0.29, 0.717) is 0 Å². The van der Waals surface area contributed by atoms with Crippen molar-refractivity contribution in [2.45, 2.75) is 19.8 Å². The second-order valence-electron chi connectivity index (χ2n) is 3.64. The van der Waals surface area contributed by atoms with Gasteiger partial charge >= 0.3 is 0 Å². The topological polar surface area (TPSA) is 0 Å². The molecule has 0 aromatic heterocycles. The third-order valence-corrected chi connectivity index (χ3v) is 2.80. The summed E-state index contributed by atoms with van der Waals surface area (Å²) in [5.74, 6) is 0. The first-order valence-corrected chi connectivity index (χ1v) is 5.27. The van der Waals surface area contributed by atoms with Crippen LogP contribution in [-0.4, -0.2) is 0 Å². The molecule has 2 rings (SSSR count). The Labute approximate surface area is 89.9 Å². The lowest BCUT2D eigenvalue weighted by Gasteiger charge is -2.11. The zero-order chi connectivity index (χ0) is 9.97. The van der Waals surface area contributed by atoms with E-state index in [-0.39, 0.29) is 0 Å². The van der Waals surface area contributed by atoms with E-state index in [9.17, 15) is 0 Å². The van der Waals surface area contributed by atoms with Crippen molar-refractivity contribution in [3.8, 4) is 0 Å². The summed E-state index contributed by atoms with van der Waals surface area (Å²) in [4.78, 5) is 0. The van der Waals surface area contributed by atoms with Crippen molar-refractivity contribution >= 4 is 17.2 Å². The van der Waals surface area contributed by atoms with Gasteiger partial charge in [0, 0.05) is 5.02 Å². The Morgan fingerprint density at radius 3 is 2.79 bits per heavy atom. The van der Waals surface area contributed by atoms with Gasteiger partial charge in [-0.1, -0.05) is 42.0 Å². The van der Waals surface area contributed by atoms with Gasteiger partial charge in [0.15, 0.2) is 0 Å². The minimum Gasteiger partial charge on any atom is -0.0842 e. The average molecular weight is 205 g/mol. The van der Waals surface area contributed by atoms with Gasteiger partial charge in [-0.25, -0.2) is 0 Å². The fraction of sp³-hybridized carbons (Fsp3) is 0.231. The monoisotopic (exact) mass is 204 g/mol. The largest absolute Gasteiger partial charge is 0.0842 e. The molecule has 1 heteroatoms. The highest BCUT2D eigenvalue weighted by Gasteiger charge is 2.06. The van der Waals surface area contributed by atoms with E-state index < -0.39 is 0 Å². The highest BCUT2D eigenvalue weighted by atomic mass is 35.5. The van der Waals surface area contributed by atoms with Crippen LogP contribution in [0, 0.1) is 6.92 Å². The molecule has 0 radical (unpaired) electrons. The van der Waals surface area contributed by atoms with Crippen molar-refractivity contribution in [1.82, 2.24) is 0 Å². The number of rotatable bonds is 1. The summed E-state index contributed by atoms with van der Waals surface area (Å²) in [7, 11) is 0. The van der Waals surface area contributed by atoms with Crippen LogP contribution in [0.4, 0.5) is 0 Å². The Hall–Kier alpha value is -1.01. The summed E-state index contributed by atoms with van der Waals surface area (Å²) in [6, 6.07) is 6.25. The van der Waals surface area contributed by atoms with Crippen LogP contribution in [0.1, 0.15) is 24.0 Å². The molecular formula is C13H13Cl. The fourth-order valence-electron chi connectivity index (χ4n) is 1.71. The van der Waals surface area contributed by atoms with Gasteiger partial charge in [-0.15, -0.1) is 0 Å². The number of hydrogen-bond donors (Lipinski definition) is 0. The van der Waals surface area contributed by atoms with Crippen LogP contribution in [-0.2, 0) is 0 Å². The molecule has 1 aliphatic carbocycles. The highest BCUT2D eigenvalue weighted by Crippen LogP contribution is 2.29. The van der Waals surface area contributed by atoms with E-state index in [4.69, 9.17) is 11.6 Å². The Morgan fingerprint density at radius 2 is 2.14 bits per heavy atom. The van der Waals surface area contributed by atoms with Crippen LogP contribution in [0.3, 0.4) is 0 Å². The number of halogens is 1. The van der Waals surface area contributed by atoms with Crippen molar-refractivity contribution in [2.24, 2.45) is 0 Å². The Morgan fingerprint density at radius 1 is 1.29 bits per heavy atom. The molecule has 0 saturated carbocycles. The molecule has 0 fully saturated rings. The van der Waals surface area contributed by atoms with Crippen LogP contribution in [0.15, 0.2) is 36.4 Å². The van der Waals surface area contributed by atoms with Gasteiger partial charge in [-0.2, -0.15) is 0 Å². The third-order valence-electron chi connectivity index (χ3n) is 2.48. The number of aryl methyl sites for hydroxylation is 1. The molecule has 0 nitrogen and oxygen atoms in total. The van der Waals surface area contributed by atoms with Gasteiger partial charge in [-0.3, -0.25) is 0 Å². The minimum atomic E-state index is 0.867. The van der Waals surface area contributed by atoms with Gasteiger partial charge in [0.25, 0.3) is 0 Å². The maximum atomic E-state index is 6.20. The van der Waals surface area contributed by atoms with Gasteiger partial charge in [0.2, 0.25) is 0 Å². The second kappa shape index (κ2) is 4.02.